The van der Waals surface area contributed by atoms with Crippen molar-refractivity contribution < 1.29 is 34.2 Å². The summed E-state index contributed by atoms with van der Waals surface area (Å²) < 4.78 is 3.03. The SMILES string of the molecule is Cc1cc(N(CCN(C)C(=O)CCCCCCCCC(=O)N[C@H](C(=O)N2C[C@H](O)C[C@H]2C(=O)N[C@@H](C)c2ccc(-c3scnc3C)cc2)C(C)(C)C)c2ccc(-c3cnn(CC4CCCCC4)c3C)c(C(=O)O)n2)nnc1Nc1nc2ccccc2s1. The number of benzene rings is 2. The van der Waals surface area contributed by atoms with E-state index >= 15 is 0 Å². The highest BCUT2D eigenvalue weighted by atomic mass is 32.1. The number of carboxylic acid groups (broad SMARTS) is 1. The molecular formula is C65H83N13O7S2. The van der Waals surface area contributed by atoms with E-state index in [-0.39, 0.29) is 61.9 Å². The van der Waals surface area contributed by atoms with Crippen molar-refractivity contribution in [3.63, 3.8) is 0 Å². The Morgan fingerprint density at radius 3 is 2.24 bits per heavy atom. The molecule has 1 saturated heterocycles. The van der Waals surface area contributed by atoms with Gasteiger partial charge in [0.05, 0.1) is 44.6 Å². The molecule has 2 fully saturated rings. The second kappa shape index (κ2) is 28.9. The zero-order valence-corrected chi connectivity index (χ0v) is 53.0. The maximum absolute atomic E-state index is 14.3. The third-order valence-corrected chi connectivity index (χ3v) is 18.8. The first kappa shape index (κ1) is 63.8. The van der Waals surface area contributed by atoms with Crippen molar-refractivity contribution in [1.82, 2.24) is 55.4 Å². The second-order valence-electron chi connectivity index (χ2n) is 24.5. The van der Waals surface area contributed by atoms with E-state index in [1.807, 2.05) is 113 Å². The second-order valence-corrected chi connectivity index (χ2v) is 26.4. The lowest BCUT2D eigenvalue weighted by molar-refractivity contribution is -0.144. The van der Waals surface area contributed by atoms with Crippen LogP contribution in [0.1, 0.15) is 157 Å². The van der Waals surface area contributed by atoms with Crippen molar-refractivity contribution in [3.05, 3.63) is 107 Å². The molecule has 0 bridgehead atoms. The van der Waals surface area contributed by atoms with Gasteiger partial charge >= 0.3 is 5.97 Å². The minimum atomic E-state index is -1.18. The molecule has 2 aliphatic rings. The number of fused-ring (bicyclic) bond motifs is 1. The van der Waals surface area contributed by atoms with E-state index in [1.54, 1.807) is 46.5 Å². The number of carbonyl (C=O) groups is 5. The first-order chi connectivity index (χ1) is 41.7. The summed E-state index contributed by atoms with van der Waals surface area (Å²) in [7, 11) is 1.76. The molecule has 462 valence electrons. The Morgan fingerprint density at radius 2 is 1.55 bits per heavy atom. The van der Waals surface area contributed by atoms with Gasteiger partial charge in [-0.2, -0.15) is 5.10 Å². The fourth-order valence-corrected chi connectivity index (χ4v) is 13.3. The van der Waals surface area contributed by atoms with Crippen LogP contribution in [-0.4, -0.2) is 129 Å². The minimum Gasteiger partial charge on any atom is -0.476 e. The van der Waals surface area contributed by atoms with E-state index < -0.39 is 35.5 Å². The molecule has 0 spiro atoms. The van der Waals surface area contributed by atoms with Gasteiger partial charge in [-0.25, -0.2) is 19.7 Å². The molecule has 22 heteroatoms. The summed E-state index contributed by atoms with van der Waals surface area (Å²) in [6, 6.07) is 19.1. The van der Waals surface area contributed by atoms with Gasteiger partial charge in [0.2, 0.25) is 23.6 Å². The van der Waals surface area contributed by atoms with Crippen LogP contribution >= 0.6 is 22.7 Å². The van der Waals surface area contributed by atoms with Crippen molar-refractivity contribution in [2.45, 2.75) is 169 Å². The highest BCUT2D eigenvalue weighted by Gasteiger charge is 2.45. The molecule has 1 aliphatic carbocycles. The van der Waals surface area contributed by atoms with E-state index in [0.29, 0.717) is 58.9 Å². The summed E-state index contributed by atoms with van der Waals surface area (Å²) in [6.45, 7) is 14.7. The van der Waals surface area contributed by atoms with Crippen LogP contribution in [0, 0.1) is 32.1 Å². The van der Waals surface area contributed by atoms with Gasteiger partial charge in [0, 0.05) is 69.3 Å². The van der Waals surface area contributed by atoms with E-state index in [0.717, 1.165) is 88.2 Å². The number of aliphatic hydroxyl groups is 1. The Morgan fingerprint density at radius 1 is 0.828 bits per heavy atom. The quantitative estimate of drug-likeness (QED) is 0.0316. The third-order valence-electron chi connectivity index (χ3n) is 16.9. The molecule has 5 aromatic heterocycles. The Bertz CT molecular complexity index is 3500. The Balaban J connectivity index is 0.755. The maximum Gasteiger partial charge on any atom is 0.355 e. The molecule has 87 heavy (non-hydrogen) atoms. The number of nitrogens with one attached hydrogen (secondary N) is 3. The summed E-state index contributed by atoms with van der Waals surface area (Å²) in [4.78, 5) is 88.0. The zero-order valence-electron chi connectivity index (χ0n) is 51.3. The van der Waals surface area contributed by atoms with Crippen LogP contribution in [-0.2, 0) is 25.7 Å². The van der Waals surface area contributed by atoms with Crippen LogP contribution in [0.5, 0.6) is 0 Å². The number of aromatic carboxylic acids is 1. The molecule has 1 saturated carbocycles. The van der Waals surface area contributed by atoms with Crippen LogP contribution in [0.25, 0.3) is 31.8 Å². The monoisotopic (exact) mass is 1220 g/mol. The highest BCUT2D eigenvalue weighted by Crippen LogP contribution is 2.35. The van der Waals surface area contributed by atoms with Gasteiger partial charge in [-0.15, -0.1) is 21.5 Å². The number of carboxylic acids is 1. The number of aryl methyl sites for hydroxylation is 2. The van der Waals surface area contributed by atoms with Crippen molar-refractivity contribution in [1.29, 1.82) is 0 Å². The molecule has 5 N–H and O–H groups in total. The number of likely N-dealkylation sites (N-methyl/N-ethyl adjacent to an activating group) is 1. The van der Waals surface area contributed by atoms with Gasteiger partial charge in [0.25, 0.3) is 0 Å². The topological polar surface area (TPSA) is 254 Å². The number of aliphatic hydroxyl groups excluding tert-OH is 1. The maximum atomic E-state index is 14.3. The average Bonchev–Trinajstić information content (AvgIpc) is 3.60. The molecule has 1 aliphatic heterocycles. The van der Waals surface area contributed by atoms with Gasteiger partial charge in [-0.05, 0) is 112 Å². The van der Waals surface area contributed by atoms with Gasteiger partial charge in [0.15, 0.2) is 22.5 Å². The van der Waals surface area contributed by atoms with Crippen LogP contribution in [0.15, 0.2) is 78.4 Å². The lowest BCUT2D eigenvalue weighted by Gasteiger charge is -2.35. The number of para-hydroxylation sites is 1. The number of amides is 4. The van der Waals surface area contributed by atoms with Gasteiger partial charge in [-0.1, -0.05) is 113 Å². The first-order valence-electron chi connectivity index (χ1n) is 30.6. The van der Waals surface area contributed by atoms with Gasteiger partial charge in [-0.3, -0.25) is 23.9 Å². The van der Waals surface area contributed by atoms with Gasteiger partial charge < -0.3 is 40.9 Å². The predicted molar refractivity (Wildman–Crippen MR) is 341 cm³/mol. The average molecular weight is 1220 g/mol. The highest BCUT2D eigenvalue weighted by molar-refractivity contribution is 7.22. The van der Waals surface area contributed by atoms with Crippen LogP contribution in [0.3, 0.4) is 0 Å². The van der Waals surface area contributed by atoms with E-state index in [2.05, 4.69) is 31.1 Å². The Labute approximate surface area is 517 Å². The molecule has 4 atom stereocenters. The first-order valence-corrected chi connectivity index (χ1v) is 32.3. The zero-order chi connectivity index (χ0) is 61.9. The van der Waals surface area contributed by atoms with Gasteiger partial charge in [0.1, 0.15) is 17.9 Å². The number of hydrogen-bond acceptors (Lipinski definition) is 16. The summed E-state index contributed by atoms with van der Waals surface area (Å²) in [6.07, 6.45) is 12.2. The number of aromatic nitrogens is 7. The van der Waals surface area contributed by atoms with E-state index in [4.69, 9.17) is 15.1 Å². The third kappa shape index (κ3) is 16.1. The largest absolute Gasteiger partial charge is 0.476 e. The van der Waals surface area contributed by atoms with Crippen molar-refractivity contribution >= 4 is 85.1 Å². The molecule has 0 radical (unpaired) electrons. The minimum absolute atomic E-state index is 0.00763. The number of thiazole rings is 2. The molecule has 4 amide bonds. The number of anilines is 4. The molecule has 9 rings (SSSR count). The molecule has 0 unspecified atom stereocenters. The van der Waals surface area contributed by atoms with E-state index in [9.17, 15) is 34.2 Å². The molecule has 2 aromatic carbocycles. The molecule has 6 heterocycles. The normalized spacial score (nSPS) is 16.2. The molecule has 7 aromatic rings. The summed E-state index contributed by atoms with van der Waals surface area (Å²) in [5.41, 5.74) is 7.66. The lowest BCUT2D eigenvalue weighted by Crippen LogP contribution is -2.57. The Hall–Kier alpha value is -7.69. The van der Waals surface area contributed by atoms with Crippen LogP contribution in [0.2, 0.25) is 0 Å². The fraction of sp³-hybridized carbons (Fsp3) is 0.492. The number of carbonyl (C=O) groups excluding carboxylic acids is 4. The van der Waals surface area contributed by atoms with Crippen molar-refractivity contribution in [2.24, 2.45) is 11.3 Å². The summed E-state index contributed by atoms with van der Waals surface area (Å²) >= 11 is 3.08. The summed E-state index contributed by atoms with van der Waals surface area (Å²) in [5.74, 6) is -0.383. The molecular weight excluding hydrogens is 1140 g/mol. The number of pyridine rings is 1. The number of likely N-dealkylation sites (tertiary alicyclic amines) is 1. The molecule has 20 nitrogen and oxygen atoms in total. The number of rotatable bonds is 26. The smallest absolute Gasteiger partial charge is 0.355 e. The van der Waals surface area contributed by atoms with Crippen molar-refractivity contribution in [2.75, 3.05) is 36.9 Å². The van der Waals surface area contributed by atoms with Crippen LogP contribution in [0.4, 0.5) is 22.6 Å². The fourth-order valence-electron chi connectivity index (χ4n) is 11.7. The predicted octanol–water partition coefficient (Wildman–Crippen LogP) is 11.5. The number of hydrogen-bond donors (Lipinski definition) is 5. The van der Waals surface area contributed by atoms with Crippen LogP contribution < -0.4 is 20.9 Å². The lowest BCUT2D eigenvalue weighted by atomic mass is 9.85. The number of unbranched alkanes of at least 4 members (excludes halogenated alkanes) is 5. The summed E-state index contributed by atoms with van der Waals surface area (Å²) in [5, 5.41) is 45.3. The van der Waals surface area contributed by atoms with Crippen molar-refractivity contribution in [3.8, 4) is 21.6 Å². The van der Waals surface area contributed by atoms with E-state index in [1.165, 1.54) is 35.5 Å². The number of β-amino-alcohol motifs (C(OH)–C–C–N with tert-alkyl or cyclic N) is 1. The standard InChI is InChI=1S/C65H83N13O7S2/c1-40-34-54(73-74-60(40)72-64-69-50-22-18-19-23-52(50)87-64)76(53-31-30-48(57(70-53)63(84)85)49-36-67-78(43(49)4)37-44-20-14-13-15-21-44)33-32-75(8)56(81)25-17-12-10-9-11-16-24-55(80)71-59(65(5,6)7)62(83)77-38-47(79)35-51(77)61(82)68-41(2)45-26-28-46(29-27-45)58-42(3)66-39-86-58/h18-19,22-23,26-31,34,36,39,41,44,47,51,59,79H,9-17,20-21,24-25,32-33,35,37-38H2,1-8H3,(H,68,82)(H,71,80)(H,84,85)(H,69,72,74)/t41-,47+,51-,59+/m0/s1. The Kier molecular flexibility index (Phi) is 21.2. The number of nitrogens with zero attached hydrogens (tertiary/aromatic N) is 10.